The number of aryl methyl sites for hydroxylation is 1. The average molecular weight is 508 g/mol. The van der Waals surface area contributed by atoms with Crippen molar-refractivity contribution in [2.75, 3.05) is 26.2 Å². The lowest BCUT2D eigenvalue weighted by Crippen LogP contribution is -2.47. The molecule has 0 aromatic heterocycles. The summed E-state index contributed by atoms with van der Waals surface area (Å²) in [6, 6.07) is 10.9. The topological polar surface area (TPSA) is 89.1 Å². The highest BCUT2D eigenvalue weighted by atomic mass is 79.9. The van der Waals surface area contributed by atoms with Crippen LogP contribution >= 0.6 is 15.9 Å². The molecule has 0 saturated carbocycles. The third-order valence-corrected chi connectivity index (χ3v) is 5.94. The van der Waals surface area contributed by atoms with Gasteiger partial charge >= 0.3 is 12.2 Å². The predicted molar refractivity (Wildman–Crippen MR) is 117 cm³/mol. The van der Waals surface area contributed by atoms with Crippen molar-refractivity contribution in [3.63, 3.8) is 0 Å². The van der Waals surface area contributed by atoms with Crippen molar-refractivity contribution in [2.24, 2.45) is 0 Å². The minimum atomic E-state index is -0.735. The van der Waals surface area contributed by atoms with Gasteiger partial charge in [0.15, 0.2) is 23.5 Å². The van der Waals surface area contributed by atoms with Gasteiger partial charge in [0, 0.05) is 38.2 Å². The number of amides is 2. The molecule has 8 nitrogen and oxygen atoms in total. The molecule has 4 rings (SSSR count). The number of fused-ring (bicyclic) bond motifs is 1. The first kappa shape index (κ1) is 22.3. The number of ether oxygens (including phenoxy) is 3. The second-order valence-corrected chi connectivity index (χ2v) is 8.24. The molecule has 170 valence electrons. The minimum Gasteiger partial charge on any atom is -0.467 e. The molecule has 2 heterocycles. The normalized spacial score (nSPS) is 17.7. The van der Waals surface area contributed by atoms with E-state index in [0.29, 0.717) is 44.6 Å². The van der Waals surface area contributed by atoms with Crippen LogP contribution in [0.2, 0.25) is 0 Å². The van der Waals surface area contributed by atoms with E-state index in [2.05, 4.69) is 26.6 Å². The molecule has 2 aromatic rings. The Kier molecular flexibility index (Phi) is 7.11. The van der Waals surface area contributed by atoms with E-state index in [1.807, 2.05) is 30.3 Å². The first-order valence-corrected chi connectivity index (χ1v) is 11.1. The lowest BCUT2D eigenvalue weighted by atomic mass is 10.0. The molecule has 0 bridgehead atoms. The van der Waals surface area contributed by atoms with Crippen molar-refractivity contribution in [1.29, 1.82) is 0 Å². The SMILES string of the molecule is O=C(N[C@H]1CCc2cc(OC(=O)N3CCNCC3)c(Br)c(F)c2O1)OCc1ccccc1. The Balaban J connectivity index is 1.37. The molecule has 2 aromatic carbocycles. The number of rotatable bonds is 4. The number of hydrogen-bond donors (Lipinski definition) is 2. The maximum atomic E-state index is 15.0. The van der Waals surface area contributed by atoms with Gasteiger partial charge in [-0.05, 0) is 34.0 Å². The van der Waals surface area contributed by atoms with Crippen LogP contribution in [0.15, 0.2) is 40.9 Å². The highest BCUT2D eigenvalue weighted by Crippen LogP contribution is 2.40. The second-order valence-electron chi connectivity index (χ2n) is 7.45. The Labute approximate surface area is 193 Å². The molecule has 1 fully saturated rings. The number of carbonyl (C=O) groups is 2. The van der Waals surface area contributed by atoms with Crippen LogP contribution in [-0.4, -0.2) is 49.5 Å². The zero-order chi connectivity index (χ0) is 22.5. The van der Waals surface area contributed by atoms with E-state index in [1.165, 1.54) is 0 Å². The fourth-order valence-corrected chi connectivity index (χ4v) is 3.89. The smallest absolute Gasteiger partial charge is 0.415 e. The zero-order valence-corrected chi connectivity index (χ0v) is 18.8. The fourth-order valence-electron chi connectivity index (χ4n) is 3.52. The molecule has 2 aliphatic rings. The van der Waals surface area contributed by atoms with Crippen LogP contribution in [0.3, 0.4) is 0 Å². The number of nitrogens with one attached hydrogen (secondary N) is 2. The van der Waals surface area contributed by atoms with Crippen LogP contribution in [0.4, 0.5) is 14.0 Å². The maximum Gasteiger partial charge on any atom is 0.415 e. The van der Waals surface area contributed by atoms with Gasteiger partial charge in [0.2, 0.25) is 0 Å². The van der Waals surface area contributed by atoms with Crippen molar-refractivity contribution in [1.82, 2.24) is 15.5 Å². The van der Waals surface area contributed by atoms with Gasteiger partial charge in [0.05, 0.1) is 4.47 Å². The molecule has 2 amide bonds. The van der Waals surface area contributed by atoms with Crippen LogP contribution in [0, 0.1) is 5.82 Å². The Morgan fingerprint density at radius 1 is 1.25 bits per heavy atom. The monoisotopic (exact) mass is 507 g/mol. The maximum absolute atomic E-state index is 15.0. The van der Waals surface area contributed by atoms with Crippen LogP contribution in [0.1, 0.15) is 17.5 Å². The van der Waals surface area contributed by atoms with E-state index >= 15 is 0 Å². The molecular formula is C22H23BrFN3O5. The summed E-state index contributed by atoms with van der Waals surface area (Å²) < 4.78 is 31.3. The number of alkyl carbamates (subject to hydrolysis) is 1. The number of piperazine rings is 1. The van der Waals surface area contributed by atoms with Gasteiger partial charge in [-0.1, -0.05) is 30.3 Å². The quantitative estimate of drug-likeness (QED) is 0.657. The van der Waals surface area contributed by atoms with Crippen molar-refractivity contribution in [3.8, 4) is 11.5 Å². The summed E-state index contributed by atoms with van der Waals surface area (Å²) >= 11 is 3.16. The molecular weight excluding hydrogens is 485 g/mol. The largest absolute Gasteiger partial charge is 0.467 e. The molecule has 0 radical (unpaired) electrons. The van der Waals surface area contributed by atoms with Gasteiger partial charge in [-0.3, -0.25) is 5.32 Å². The summed E-state index contributed by atoms with van der Waals surface area (Å²) in [5, 5.41) is 5.76. The van der Waals surface area contributed by atoms with Crippen molar-refractivity contribution >= 4 is 28.1 Å². The van der Waals surface area contributed by atoms with Crippen molar-refractivity contribution in [3.05, 3.63) is 57.8 Å². The molecule has 10 heteroatoms. The second kappa shape index (κ2) is 10.2. The van der Waals surface area contributed by atoms with Crippen molar-refractivity contribution in [2.45, 2.75) is 25.7 Å². The number of halogens is 2. The molecule has 32 heavy (non-hydrogen) atoms. The number of hydrogen-bond acceptors (Lipinski definition) is 6. The van der Waals surface area contributed by atoms with Gasteiger partial charge in [-0.2, -0.15) is 0 Å². The number of benzene rings is 2. The highest BCUT2D eigenvalue weighted by molar-refractivity contribution is 9.10. The lowest BCUT2D eigenvalue weighted by molar-refractivity contribution is 0.0929. The standard InChI is InChI=1S/C22H23BrFN3O5/c23-18-16(31-22(29)27-10-8-25-9-11-27)12-15-6-7-17(32-20(15)19(18)24)26-21(28)30-13-14-4-2-1-3-5-14/h1-5,12,17,25H,6-11,13H2,(H,26,28)/t17-/m1/s1. The summed E-state index contributed by atoms with van der Waals surface area (Å²) in [6.07, 6.45) is -1.06. The molecule has 0 spiro atoms. The fraction of sp³-hybridized carbons (Fsp3) is 0.364. The van der Waals surface area contributed by atoms with Crippen LogP contribution < -0.4 is 20.1 Å². The predicted octanol–water partition coefficient (Wildman–Crippen LogP) is 3.57. The summed E-state index contributed by atoms with van der Waals surface area (Å²) in [4.78, 5) is 26.0. The van der Waals surface area contributed by atoms with Gasteiger partial charge in [0.25, 0.3) is 0 Å². The summed E-state index contributed by atoms with van der Waals surface area (Å²) in [7, 11) is 0. The van der Waals surface area contributed by atoms with E-state index < -0.39 is 24.2 Å². The minimum absolute atomic E-state index is 0.00737. The summed E-state index contributed by atoms with van der Waals surface area (Å²) in [5.74, 6) is -0.574. The van der Waals surface area contributed by atoms with Crippen LogP contribution in [0.25, 0.3) is 0 Å². The molecule has 1 saturated heterocycles. The van der Waals surface area contributed by atoms with Crippen molar-refractivity contribution < 1.29 is 28.2 Å². The third-order valence-electron chi connectivity index (χ3n) is 5.21. The Morgan fingerprint density at radius 2 is 2.00 bits per heavy atom. The molecule has 2 aliphatic heterocycles. The molecule has 1 atom stereocenters. The van der Waals surface area contributed by atoms with Gasteiger partial charge in [-0.15, -0.1) is 0 Å². The zero-order valence-electron chi connectivity index (χ0n) is 17.2. The first-order chi connectivity index (χ1) is 15.5. The van der Waals surface area contributed by atoms with Crippen LogP contribution in [-0.2, 0) is 17.8 Å². The van der Waals surface area contributed by atoms with Gasteiger partial charge in [-0.25, -0.2) is 14.0 Å². The van der Waals surface area contributed by atoms with E-state index in [-0.39, 0.29) is 22.6 Å². The highest BCUT2D eigenvalue weighted by Gasteiger charge is 2.29. The average Bonchev–Trinajstić information content (AvgIpc) is 2.82. The number of carbonyl (C=O) groups excluding carboxylic acids is 2. The Hall–Kier alpha value is -2.85. The molecule has 0 aliphatic carbocycles. The molecule has 2 N–H and O–H groups in total. The summed E-state index contributed by atoms with van der Waals surface area (Å²) in [6.45, 7) is 2.55. The van der Waals surface area contributed by atoms with Gasteiger partial charge in [0.1, 0.15) is 6.61 Å². The molecule has 0 unspecified atom stereocenters. The van der Waals surface area contributed by atoms with E-state index in [4.69, 9.17) is 14.2 Å². The summed E-state index contributed by atoms with van der Waals surface area (Å²) in [5.41, 5.74) is 1.42. The Morgan fingerprint density at radius 3 is 2.75 bits per heavy atom. The van der Waals surface area contributed by atoms with Gasteiger partial charge < -0.3 is 24.4 Å². The lowest BCUT2D eigenvalue weighted by Gasteiger charge is -2.29. The number of nitrogens with zero attached hydrogens (tertiary/aromatic N) is 1. The first-order valence-electron chi connectivity index (χ1n) is 10.3. The third kappa shape index (κ3) is 5.31. The van der Waals surface area contributed by atoms with E-state index in [1.54, 1.807) is 11.0 Å². The van der Waals surface area contributed by atoms with E-state index in [9.17, 15) is 14.0 Å². The Bertz CT molecular complexity index is 985. The van der Waals surface area contributed by atoms with Crippen LogP contribution in [0.5, 0.6) is 11.5 Å². The van der Waals surface area contributed by atoms with E-state index in [0.717, 1.165) is 5.56 Å².